The third-order valence-electron chi connectivity index (χ3n) is 4.91. The van der Waals surface area contributed by atoms with Crippen molar-refractivity contribution in [3.05, 3.63) is 48.2 Å². The van der Waals surface area contributed by atoms with E-state index < -0.39 is 0 Å². The number of guanidine groups is 1. The topological polar surface area (TPSA) is 65.0 Å². The minimum Gasteiger partial charge on any atom is -0.495 e. The summed E-state index contributed by atoms with van der Waals surface area (Å²) < 4.78 is 5.50. The van der Waals surface area contributed by atoms with Gasteiger partial charge in [0.15, 0.2) is 5.96 Å². The van der Waals surface area contributed by atoms with Gasteiger partial charge in [0.05, 0.1) is 12.8 Å². The molecule has 0 bridgehead atoms. The van der Waals surface area contributed by atoms with Crippen LogP contribution in [-0.4, -0.2) is 58.3 Å². The van der Waals surface area contributed by atoms with E-state index in [0.29, 0.717) is 12.6 Å². The molecule has 1 atom stereocenters. The van der Waals surface area contributed by atoms with E-state index in [-0.39, 0.29) is 0 Å². The number of anilines is 2. The highest BCUT2D eigenvalue weighted by molar-refractivity contribution is 5.80. The Bertz CT molecular complexity index is 807. The SMILES string of the molecule is CN=C(NCc1ccnc(N(C)C)c1)NC1CCN(c2ccccc2OC)C1. The van der Waals surface area contributed by atoms with Gasteiger partial charge < -0.3 is 25.2 Å². The summed E-state index contributed by atoms with van der Waals surface area (Å²) in [5.74, 6) is 2.68. The molecule has 0 aliphatic carbocycles. The fourth-order valence-corrected chi connectivity index (χ4v) is 3.38. The standard InChI is InChI=1S/C21H30N6O/c1-22-21(24-14-16-9-11-23-20(13-16)26(2)3)25-17-10-12-27(15-17)18-7-5-6-8-19(18)28-4/h5-9,11,13,17H,10,12,14-15H2,1-4H3,(H2,22,24,25). The van der Waals surface area contributed by atoms with Crippen molar-refractivity contribution in [1.29, 1.82) is 0 Å². The Morgan fingerprint density at radius 2 is 2.14 bits per heavy atom. The first-order valence-corrected chi connectivity index (χ1v) is 9.58. The predicted molar refractivity (Wildman–Crippen MR) is 116 cm³/mol. The first kappa shape index (κ1) is 19.8. The van der Waals surface area contributed by atoms with Gasteiger partial charge in [-0.05, 0) is 36.2 Å². The second-order valence-electron chi connectivity index (χ2n) is 7.09. The molecule has 2 aromatic rings. The number of para-hydroxylation sites is 2. The van der Waals surface area contributed by atoms with Crippen LogP contribution in [0.25, 0.3) is 0 Å². The molecule has 0 radical (unpaired) electrons. The minimum atomic E-state index is 0.339. The lowest BCUT2D eigenvalue weighted by Gasteiger charge is -2.22. The van der Waals surface area contributed by atoms with Crippen LogP contribution in [0, 0.1) is 0 Å². The van der Waals surface area contributed by atoms with E-state index in [4.69, 9.17) is 4.74 Å². The van der Waals surface area contributed by atoms with E-state index in [1.54, 1.807) is 14.2 Å². The Labute approximate surface area is 167 Å². The van der Waals surface area contributed by atoms with Gasteiger partial charge in [0.2, 0.25) is 0 Å². The molecule has 0 spiro atoms. The molecule has 2 heterocycles. The average molecular weight is 383 g/mol. The summed E-state index contributed by atoms with van der Waals surface area (Å²) in [6.07, 6.45) is 2.89. The maximum absolute atomic E-state index is 5.50. The van der Waals surface area contributed by atoms with Crippen molar-refractivity contribution in [1.82, 2.24) is 15.6 Å². The zero-order chi connectivity index (χ0) is 19.9. The number of rotatable bonds is 6. The number of aliphatic imine (C=N–C) groups is 1. The van der Waals surface area contributed by atoms with Gasteiger partial charge in [-0.25, -0.2) is 4.98 Å². The van der Waals surface area contributed by atoms with Crippen molar-refractivity contribution >= 4 is 17.5 Å². The highest BCUT2D eigenvalue weighted by Gasteiger charge is 2.25. The van der Waals surface area contributed by atoms with Crippen molar-refractivity contribution in [2.24, 2.45) is 4.99 Å². The first-order valence-electron chi connectivity index (χ1n) is 9.58. The van der Waals surface area contributed by atoms with Crippen molar-refractivity contribution in [2.75, 3.05) is 51.1 Å². The van der Waals surface area contributed by atoms with Crippen molar-refractivity contribution in [3.63, 3.8) is 0 Å². The second-order valence-corrected chi connectivity index (χ2v) is 7.09. The first-order chi connectivity index (χ1) is 13.6. The molecule has 0 saturated carbocycles. The highest BCUT2D eigenvalue weighted by Crippen LogP contribution is 2.30. The highest BCUT2D eigenvalue weighted by atomic mass is 16.5. The molecule has 2 N–H and O–H groups in total. The molecule has 150 valence electrons. The van der Waals surface area contributed by atoms with E-state index in [1.807, 2.05) is 43.4 Å². The van der Waals surface area contributed by atoms with Crippen LogP contribution in [-0.2, 0) is 6.54 Å². The van der Waals surface area contributed by atoms with Crippen LogP contribution in [0.1, 0.15) is 12.0 Å². The van der Waals surface area contributed by atoms with Gasteiger partial charge in [0.25, 0.3) is 0 Å². The third kappa shape index (κ3) is 4.85. The van der Waals surface area contributed by atoms with E-state index in [0.717, 1.165) is 42.7 Å². The van der Waals surface area contributed by atoms with E-state index in [2.05, 4.69) is 43.7 Å². The molecule has 1 unspecified atom stereocenters. The molecular weight excluding hydrogens is 352 g/mol. The number of nitrogens with one attached hydrogen (secondary N) is 2. The Kier molecular flexibility index (Phi) is 6.57. The molecule has 1 aromatic heterocycles. The number of hydrogen-bond donors (Lipinski definition) is 2. The number of methoxy groups -OCH3 is 1. The van der Waals surface area contributed by atoms with Crippen LogP contribution in [0.3, 0.4) is 0 Å². The number of benzene rings is 1. The van der Waals surface area contributed by atoms with Gasteiger partial charge in [-0.2, -0.15) is 0 Å². The zero-order valence-corrected chi connectivity index (χ0v) is 17.1. The fraction of sp³-hybridized carbons (Fsp3) is 0.429. The summed E-state index contributed by atoms with van der Waals surface area (Å²) in [4.78, 5) is 13.1. The lowest BCUT2D eigenvalue weighted by atomic mass is 10.2. The lowest BCUT2D eigenvalue weighted by Crippen LogP contribution is -2.44. The molecule has 3 rings (SSSR count). The Morgan fingerprint density at radius 3 is 2.89 bits per heavy atom. The number of ether oxygens (including phenoxy) is 1. The molecule has 28 heavy (non-hydrogen) atoms. The third-order valence-corrected chi connectivity index (χ3v) is 4.91. The van der Waals surface area contributed by atoms with Gasteiger partial charge >= 0.3 is 0 Å². The normalized spacial score (nSPS) is 16.8. The maximum Gasteiger partial charge on any atom is 0.191 e. The molecule has 7 nitrogen and oxygen atoms in total. The van der Waals surface area contributed by atoms with E-state index >= 15 is 0 Å². The van der Waals surface area contributed by atoms with Gasteiger partial charge in [0.1, 0.15) is 11.6 Å². The quantitative estimate of drug-likeness (QED) is 0.589. The summed E-state index contributed by atoms with van der Waals surface area (Å²) in [7, 11) is 7.51. The molecule has 1 aliphatic heterocycles. The molecule has 0 amide bonds. The van der Waals surface area contributed by atoms with Crippen LogP contribution in [0.4, 0.5) is 11.5 Å². The van der Waals surface area contributed by atoms with Crippen LogP contribution in [0.15, 0.2) is 47.6 Å². The average Bonchev–Trinajstić information content (AvgIpc) is 3.19. The lowest BCUT2D eigenvalue weighted by molar-refractivity contribution is 0.415. The van der Waals surface area contributed by atoms with Gasteiger partial charge in [-0.1, -0.05) is 12.1 Å². The molecule has 1 fully saturated rings. The molecule has 1 aromatic carbocycles. The number of nitrogens with zero attached hydrogens (tertiary/aromatic N) is 4. The summed E-state index contributed by atoms with van der Waals surface area (Å²) in [6, 6.07) is 12.6. The largest absolute Gasteiger partial charge is 0.495 e. The minimum absolute atomic E-state index is 0.339. The smallest absolute Gasteiger partial charge is 0.191 e. The van der Waals surface area contributed by atoms with Crippen LogP contribution in [0.5, 0.6) is 5.75 Å². The summed E-state index contributed by atoms with van der Waals surface area (Å²) in [5.41, 5.74) is 2.31. The van der Waals surface area contributed by atoms with E-state index in [1.165, 1.54) is 5.56 Å². The Balaban J connectivity index is 1.55. The van der Waals surface area contributed by atoms with Crippen molar-refractivity contribution in [2.45, 2.75) is 19.0 Å². The Morgan fingerprint density at radius 1 is 1.32 bits per heavy atom. The monoisotopic (exact) mass is 382 g/mol. The summed E-state index contributed by atoms with van der Waals surface area (Å²) in [6.45, 7) is 2.61. The molecule has 1 aliphatic rings. The summed E-state index contributed by atoms with van der Waals surface area (Å²) in [5, 5.41) is 6.95. The number of pyridine rings is 1. The predicted octanol–water partition coefficient (Wildman–Crippen LogP) is 2.10. The van der Waals surface area contributed by atoms with Gasteiger partial charge in [-0.3, -0.25) is 4.99 Å². The molecular formula is C21H30N6O. The van der Waals surface area contributed by atoms with Crippen molar-refractivity contribution < 1.29 is 4.74 Å². The van der Waals surface area contributed by atoms with Crippen LogP contribution < -0.4 is 25.2 Å². The van der Waals surface area contributed by atoms with Gasteiger partial charge in [-0.15, -0.1) is 0 Å². The number of aromatic nitrogens is 1. The fourth-order valence-electron chi connectivity index (χ4n) is 3.38. The maximum atomic E-state index is 5.50. The van der Waals surface area contributed by atoms with Crippen LogP contribution in [0.2, 0.25) is 0 Å². The second kappa shape index (κ2) is 9.30. The molecule has 1 saturated heterocycles. The van der Waals surface area contributed by atoms with Crippen molar-refractivity contribution in [3.8, 4) is 5.75 Å². The summed E-state index contributed by atoms with van der Waals surface area (Å²) >= 11 is 0. The van der Waals surface area contributed by atoms with Gasteiger partial charge in [0, 0.05) is 53.0 Å². The zero-order valence-electron chi connectivity index (χ0n) is 17.1. The Hall–Kier alpha value is -2.96. The molecule has 7 heteroatoms. The number of hydrogen-bond acceptors (Lipinski definition) is 5. The van der Waals surface area contributed by atoms with Crippen LogP contribution >= 0.6 is 0 Å². The van der Waals surface area contributed by atoms with E-state index in [9.17, 15) is 0 Å².